The van der Waals surface area contributed by atoms with E-state index in [0.717, 1.165) is 6.26 Å². The van der Waals surface area contributed by atoms with Crippen LogP contribution in [-0.4, -0.2) is 24.6 Å². The summed E-state index contributed by atoms with van der Waals surface area (Å²) >= 11 is 5.66. The van der Waals surface area contributed by atoms with E-state index in [9.17, 15) is 8.42 Å². The minimum Gasteiger partial charge on any atom is -0.329 e. The van der Waals surface area contributed by atoms with Crippen LogP contribution in [0.25, 0.3) is 11.0 Å². The SMILES string of the molecule is CS(=O)(=O)Nc1ccc2nc(Cl)[nH]c2c1. The first-order valence-corrected chi connectivity index (χ1v) is 6.34. The third-order valence-electron chi connectivity index (χ3n) is 1.76. The van der Waals surface area contributed by atoms with Gasteiger partial charge in [0.1, 0.15) is 0 Å². The highest BCUT2D eigenvalue weighted by atomic mass is 35.5. The number of halogens is 1. The molecule has 1 aromatic carbocycles. The maximum absolute atomic E-state index is 11.0. The fourth-order valence-electron chi connectivity index (χ4n) is 1.26. The lowest BCUT2D eigenvalue weighted by molar-refractivity contribution is 0.607. The van der Waals surface area contributed by atoms with Crippen molar-refractivity contribution in [2.45, 2.75) is 0 Å². The third kappa shape index (κ3) is 2.40. The molecule has 15 heavy (non-hydrogen) atoms. The van der Waals surface area contributed by atoms with E-state index in [4.69, 9.17) is 11.6 Å². The molecule has 0 aliphatic rings. The van der Waals surface area contributed by atoms with Gasteiger partial charge in [-0.2, -0.15) is 0 Å². The number of anilines is 1. The molecule has 0 aliphatic carbocycles. The Morgan fingerprint density at radius 1 is 1.47 bits per heavy atom. The van der Waals surface area contributed by atoms with Gasteiger partial charge in [0.15, 0.2) is 0 Å². The molecule has 7 heteroatoms. The summed E-state index contributed by atoms with van der Waals surface area (Å²) in [4.78, 5) is 6.79. The normalized spacial score (nSPS) is 11.9. The molecular formula is C8H8ClN3O2S. The van der Waals surface area contributed by atoms with E-state index >= 15 is 0 Å². The molecule has 2 N–H and O–H groups in total. The Morgan fingerprint density at radius 3 is 2.87 bits per heavy atom. The fraction of sp³-hybridized carbons (Fsp3) is 0.125. The molecule has 0 fully saturated rings. The zero-order chi connectivity index (χ0) is 11.1. The molecule has 0 saturated heterocycles. The molecule has 1 aromatic heterocycles. The van der Waals surface area contributed by atoms with Gasteiger partial charge in [-0.15, -0.1) is 0 Å². The number of aromatic nitrogens is 2. The molecule has 0 radical (unpaired) electrons. The van der Waals surface area contributed by atoms with Crippen LogP contribution in [0.15, 0.2) is 18.2 Å². The first-order valence-electron chi connectivity index (χ1n) is 4.07. The van der Waals surface area contributed by atoms with Gasteiger partial charge in [0.25, 0.3) is 0 Å². The minimum absolute atomic E-state index is 0.279. The number of nitrogens with one attached hydrogen (secondary N) is 2. The van der Waals surface area contributed by atoms with E-state index in [2.05, 4.69) is 14.7 Å². The summed E-state index contributed by atoms with van der Waals surface area (Å²) in [6.45, 7) is 0. The first-order chi connectivity index (χ1) is 6.94. The van der Waals surface area contributed by atoms with Gasteiger partial charge in [-0.3, -0.25) is 4.72 Å². The van der Waals surface area contributed by atoms with E-state index in [1.165, 1.54) is 0 Å². The highest BCUT2D eigenvalue weighted by Gasteiger charge is 2.04. The molecule has 1 heterocycles. The van der Waals surface area contributed by atoms with Gasteiger partial charge in [0.05, 0.1) is 23.0 Å². The standard InChI is InChI=1S/C8H8ClN3O2S/c1-15(13,14)12-5-2-3-6-7(4-5)11-8(9)10-6/h2-4,12H,1H3,(H,10,11). The molecule has 0 amide bonds. The van der Waals surface area contributed by atoms with Gasteiger partial charge < -0.3 is 4.98 Å². The van der Waals surface area contributed by atoms with Crippen molar-refractivity contribution < 1.29 is 8.42 Å². The van der Waals surface area contributed by atoms with Crippen molar-refractivity contribution in [3.05, 3.63) is 23.5 Å². The van der Waals surface area contributed by atoms with Crippen LogP contribution in [0.3, 0.4) is 0 Å². The van der Waals surface area contributed by atoms with Crippen LogP contribution < -0.4 is 4.72 Å². The topological polar surface area (TPSA) is 74.8 Å². The average Bonchev–Trinajstić information content (AvgIpc) is 2.40. The summed E-state index contributed by atoms with van der Waals surface area (Å²) in [5.74, 6) is 0. The van der Waals surface area contributed by atoms with E-state index in [1.54, 1.807) is 18.2 Å². The summed E-state index contributed by atoms with van der Waals surface area (Å²) in [6.07, 6.45) is 1.09. The summed E-state index contributed by atoms with van der Waals surface area (Å²) in [5.41, 5.74) is 1.86. The van der Waals surface area contributed by atoms with Crippen molar-refractivity contribution in [3.8, 4) is 0 Å². The number of fused-ring (bicyclic) bond motifs is 1. The second-order valence-corrected chi connectivity index (χ2v) is 5.24. The quantitative estimate of drug-likeness (QED) is 0.844. The molecule has 0 atom stereocenters. The van der Waals surface area contributed by atoms with Crippen molar-refractivity contribution in [2.24, 2.45) is 0 Å². The molecule has 0 bridgehead atoms. The number of benzene rings is 1. The van der Waals surface area contributed by atoms with Crippen LogP contribution in [0.5, 0.6) is 0 Å². The number of imidazole rings is 1. The third-order valence-corrected chi connectivity index (χ3v) is 2.54. The minimum atomic E-state index is -3.26. The maximum atomic E-state index is 11.0. The molecule has 5 nitrogen and oxygen atoms in total. The van der Waals surface area contributed by atoms with E-state index in [-0.39, 0.29) is 5.28 Å². The van der Waals surface area contributed by atoms with Crippen molar-refractivity contribution in [3.63, 3.8) is 0 Å². The molecular weight excluding hydrogens is 238 g/mol. The Morgan fingerprint density at radius 2 is 2.20 bits per heavy atom. The van der Waals surface area contributed by atoms with Gasteiger partial charge >= 0.3 is 0 Å². The number of sulfonamides is 1. The highest BCUT2D eigenvalue weighted by molar-refractivity contribution is 7.92. The number of H-pyrrole nitrogens is 1. The Kier molecular flexibility index (Phi) is 2.32. The Hall–Kier alpha value is -1.27. The van der Waals surface area contributed by atoms with Gasteiger partial charge in [-0.05, 0) is 29.8 Å². The van der Waals surface area contributed by atoms with Gasteiger partial charge in [0, 0.05) is 0 Å². The van der Waals surface area contributed by atoms with Crippen LogP contribution in [0.2, 0.25) is 5.28 Å². The fourth-order valence-corrected chi connectivity index (χ4v) is 2.00. The maximum Gasteiger partial charge on any atom is 0.229 e. The first kappa shape index (κ1) is 10.3. The summed E-state index contributed by atoms with van der Waals surface area (Å²) < 4.78 is 24.3. The largest absolute Gasteiger partial charge is 0.329 e. The monoisotopic (exact) mass is 245 g/mol. The smallest absolute Gasteiger partial charge is 0.229 e. The Bertz CT molecular complexity index is 605. The van der Waals surface area contributed by atoms with Crippen LogP contribution in [-0.2, 0) is 10.0 Å². The van der Waals surface area contributed by atoms with Crippen LogP contribution in [0, 0.1) is 0 Å². The molecule has 0 unspecified atom stereocenters. The molecule has 0 spiro atoms. The van der Waals surface area contributed by atoms with Crippen LogP contribution in [0.1, 0.15) is 0 Å². The molecule has 2 aromatic rings. The zero-order valence-electron chi connectivity index (χ0n) is 7.78. The van der Waals surface area contributed by atoms with Crippen LogP contribution >= 0.6 is 11.6 Å². The second kappa shape index (κ2) is 3.39. The van der Waals surface area contributed by atoms with Gasteiger partial charge in [-0.1, -0.05) is 0 Å². The molecule has 2 rings (SSSR count). The molecule has 0 saturated carbocycles. The summed E-state index contributed by atoms with van der Waals surface area (Å²) in [7, 11) is -3.26. The predicted octanol–water partition coefficient (Wildman–Crippen LogP) is 1.59. The molecule has 80 valence electrons. The number of rotatable bonds is 2. The van der Waals surface area contributed by atoms with E-state index < -0.39 is 10.0 Å². The summed E-state index contributed by atoms with van der Waals surface area (Å²) in [6, 6.07) is 4.95. The van der Waals surface area contributed by atoms with E-state index in [1.807, 2.05) is 0 Å². The summed E-state index contributed by atoms with van der Waals surface area (Å²) in [5, 5.41) is 0.279. The number of hydrogen-bond acceptors (Lipinski definition) is 3. The Labute approximate surface area is 91.5 Å². The Balaban J connectivity index is 2.47. The average molecular weight is 246 g/mol. The lowest BCUT2D eigenvalue weighted by Gasteiger charge is -2.02. The van der Waals surface area contributed by atoms with Crippen LogP contribution in [0.4, 0.5) is 5.69 Å². The number of aromatic amines is 1. The zero-order valence-corrected chi connectivity index (χ0v) is 9.35. The van der Waals surface area contributed by atoms with Gasteiger partial charge in [-0.25, -0.2) is 13.4 Å². The van der Waals surface area contributed by atoms with Crippen molar-refractivity contribution in [2.75, 3.05) is 11.0 Å². The second-order valence-electron chi connectivity index (χ2n) is 3.13. The van der Waals surface area contributed by atoms with Crippen molar-refractivity contribution in [1.29, 1.82) is 0 Å². The number of hydrogen-bond donors (Lipinski definition) is 2. The lowest BCUT2D eigenvalue weighted by atomic mass is 10.3. The highest BCUT2D eigenvalue weighted by Crippen LogP contribution is 2.19. The predicted molar refractivity (Wildman–Crippen MR) is 59.6 cm³/mol. The van der Waals surface area contributed by atoms with Crippen molar-refractivity contribution in [1.82, 2.24) is 9.97 Å². The van der Waals surface area contributed by atoms with Gasteiger partial charge in [0.2, 0.25) is 15.3 Å². The lowest BCUT2D eigenvalue weighted by Crippen LogP contribution is -2.09. The molecule has 0 aliphatic heterocycles. The van der Waals surface area contributed by atoms with E-state index in [0.29, 0.717) is 16.7 Å². The van der Waals surface area contributed by atoms with Crippen molar-refractivity contribution >= 4 is 38.3 Å². The number of nitrogens with zero attached hydrogens (tertiary/aromatic N) is 1.